The van der Waals surface area contributed by atoms with Gasteiger partial charge < -0.3 is 15.6 Å². The van der Waals surface area contributed by atoms with Crippen molar-refractivity contribution in [3.8, 4) is 0 Å². The Bertz CT molecular complexity index is 944. The first-order valence-corrected chi connectivity index (χ1v) is 8.71. The average Bonchev–Trinajstić information content (AvgIpc) is 3.22. The Balaban J connectivity index is 1.60. The van der Waals surface area contributed by atoms with Crippen molar-refractivity contribution in [2.45, 2.75) is 13.0 Å². The smallest absolute Gasteiger partial charge is 0.328 e. The number of hydrogen-bond acceptors (Lipinski definition) is 5. The molecule has 25 heavy (non-hydrogen) atoms. The van der Waals surface area contributed by atoms with E-state index in [4.69, 9.17) is 11.6 Å². The maximum Gasteiger partial charge on any atom is 0.328 e. The lowest BCUT2D eigenvalue weighted by Gasteiger charge is -2.10. The highest BCUT2D eigenvalue weighted by molar-refractivity contribution is 6.30. The summed E-state index contributed by atoms with van der Waals surface area (Å²) < 4.78 is 1.60. The summed E-state index contributed by atoms with van der Waals surface area (Å²) in [6, 6.07) is 7.46. The first-order chi connectivity index (χ1) is 12.2. The van der Waals surface area contributed by atoms with Gasteiger partial charge in [0.05, 0.1) is 12.7 Å². The number of benzene rings is 1. The standard InChI is InChI=1S/C17H19ClN6O/c18-13-3-1-2-11(6-13)10-24-15-14(22-17(24)25)9-21-16(23-15)20-8-12-4-5-19-7-12/h1-3,6,9,12,19H,4-5,7-8,10H2,(H,22,25)(H,20,21,23). The fraction of sp³-hybridized carbons (Fsp3) is 0.353. The van der Waals surface area contributed by atoms with Crippen LogP contribution in [0.5, 0.6) is 0 Å². The maximum absolute atomic E-state index is 12.3. The molecule has 1 aliphatic rings. The van der Waals surface area contributed by atoms with E-state index in [0.29, 0.717) is 34.6 Å². The van der Waals surface area contributed by atoms with Crippen LogP contribution >= 0.6 is 11.6 Å². The third-order valence-corrected chi connectivity index (χ3v) is 4.69. The normalized spacial score (nSPS) is 17.2. The summed E-state index contributed by atoms with van der Waals surface area (Å²) in [7, 11) is 0. The van der Waals surface area contributed by atoms with Crippen LogP contribution in [-0.2, 0) is 6.54 Å². The quantitative estimate of drug-likeness (QED) is 0.647. The number of rotatable bonds is 5. The molecule has 7 nitrogen and oxygen atoms in total. The van der Waals surface area contributed by atoms with Crippen molar-refractivity contribution in [2.75, 3.05) is 25.0 Å². The van der Waals surface area contributed by atoms with Crippen LogP contribution < -0.4 is 16.3 Å². The summed E-state index contributed by atoms with van der Waals surface area (Å²) in [6.07, 6.45) is 2.80. The number of nitrogens with zero attached hydrogens (tertiary/aromatic N) is 3. The molecule has 4 rings (SSSR count). The first-order valence-electron chi connectivity index (χ1n) is 8.33. The van der Waals surface area contributed by atoms with Crippen molar-refractivity contribution in [2.24, 2.45) is 5.92 Å². The lowest BCUT2D eigenvalue weighted by Crippen LogP contribution is -2.19. The molecule has 3 heterocycles. The summed E-state index contributed by atoms with van der Waals surface area (Å²) in [5.41, 5.74) is 1.95. The second-order valence-corrected chi connectivity index (χ2v) is 6.75. The van der Waals surface area contributed by atoms with Gasteiger partial charge in [0, 0.05) is 11.6 Å². The molecule has 1 aliphatic heterocycles. The Morgan fingerprint density at radius 2 is 2.32 bits per heavy atom. The van der Waals surface area contributed by atoms with Gasteiger partial charge in [0.15, 0.2) is 5.65 Å². The number of hydrogen-bond donors (Lipinski definition) is 3. The average molecular weight is 359 g/mol. The molecule has 1 aromatic carbocycles. The molecule has 0 aliphatic carbocycles. The fourth-order valence-corrected chi connectivity index (χ4v) is 3.33. The van der Waals surface area contributed by atoms with E-state index in [0.717, 1.165) is 31.6 Å². The molecule has 1 fully saturated rings. The van der Waals surface area contributed by atoms with Gasteiger partial charge in [-0.05, 0) is 43.1 Å². The Kier molecular flexibility index (Phi) is 4.42. The molecule has 2 aromatic heterocycles. The maximum atomic E-state index is 12.3. The van der Waals surface area contributed by atoms with E-state index in [1.807, 2.05) is 24.3 Å². The van der Waals surface area contributed by atoms with Crippen molar-refractivity contribution in [3.63, 3.8) is 0 Å². The SMILES string of the molecule is O=c1[nH]c2cnc(NCC3CCNC3)nc2n1Cc1cccc(Cl)c1. The molecule has 1 saturated heterocycles. The van der Waals surface area contributed by atoms with E-state index in [2.05, 4.69) is 25.6 Å². The van der Waals surface area contributed by atoms with Gasteiger partial charge in [-0.2, -0.15) is 4.98 Å². The van der Waals surface area contributed by atoms with Crippen LogP contribution in [0.3, 0.4) is 0 Å². The highest BCUT2D eigenvalue weighted by atomic mass is 35.5. The van der Waals surface area contributed by atoms with Gasteiger partial charge >= 0.3 is 5.69 Å². The van der Waals surface area contributed by atoms with E-state index in [-0.39, 0.29) is 5.69 Å². The summed E-state index contributed by atoms with van der Waals surface area (Å²) >= 11 is 6.04. The Morgan fingerprint density at radius 1 is 1.40 bits per heavy atom. The molecule has 1 atom stereocenters. The Hall–Kier alpha value is -2.38. The molecular formula is C17H19ClN6O. The lowest BCUT2D eigenvalue weighted by atomic mass is 10.1. The van der Waals surface area contributed by atoms with Crippen molar-refractivity contribution in [1.29, 1.82) is 0 Å². The van der Waals surface area contributed by atoms with E-state index in [1.54, 1.807) is 10.8 Å². The third kappa shape index (κ3) is 3.52. The molecule has 3 aromatic rings. The Morgan fingerprint density at radius 3 is 3.12 bits per heavy atom. The van der Waals surface area contributed by atoms with Gasteiger partial charge in [-0.15, -0.1) is 0 Å². The minimum Gasteiger partial charge on any atom is -0.354 e. The van der Waals surface area contributed by atoms with Crippen molar-refractivity contribution in [3.05, 3.63) is 51.5 Å². The van der Waals surface area contributed by atoms with Crippen LogP contribution in [0.4, 0.5) is 5.95 Å². The molecule has 3 N–H and O–H groups in total. The third-order valence-electron chi connectivity index (χ3n) is 4.45. The predicted molar refractivity (Wildman–Crippen MR) is 98.2 cm³/mol. The highest BCUT2D eigenvalue weighted by Gasteiger charge is 2.15. The highest BCUT2D eigenvalue weighted by Crippen LogP contribution is 2.15. The summed E-state index contributed by atoms with van der Waals surface area (Å²) in [5, 5.41) is 7.26. The largest absolute Gasteiger partial charge is 0.354 e. The van der Waals surface area contributed by atoms with E-state index >= 15 is 0 Å². The van der Waals surface area contributed by atoms with Crippen LogP contribution in [-0.4, -0.2) is 39.2 Å². The molecular weight excluding hydrogens is 340 g/mol. The van der Waals surface area contributed by atoms with Crippen molar-refractivity contribution < 1.29 is 0 Å². The summed E-state index contributed by atoms with van der Waals surface area (Å²) in [4.78, 5) is 23.9. The number of aromatic nitrogens is 4. The minimum absolute atomic E-state index is 0.207. The second-order valence-electron chi connectivity index (χ2n) is 6.32. The monoisotopic (exact) mass is 358 g/mol. The van der Waals surface area contributed by atoms with Gasteiger partial charge in [0.1, 0.15) is 5.52 Å². The zero-order valence-corrected chi connectivity index (χ0v) is 14.4. The van der Waals surface area contributed by atoms with Crippen LogP contribution in [0.15, 0.2) is 35.3 Å². The van der Waals surface area contributed by atoms with E-state index in [9.17, 15) is 4.79 Å². The van der Waals surface area contributed by atoms with Gasteiger partial charge in [-0.25, -0.2) is 9.78 Å². The number of aromatic amines is 1. The molecule has 0 radical (unpaired) electrons. The number of H-pyrrole nitrogens is 1. The minimum atomic E-state index is -0.207. The number of nitrogens with one attached hydrogen (secondary N) is 3. The predicted octanol–water partition coefficient (Wildman–Crippen LogP) is 1.84. The zero-order chi connectivity index (χ0) is 17.2. The van der Waals surface area contributed by atoms with E-state index in [1.165, 1.54) is 0 Å². The van der Waals surface area contributed by atoms with Crippen LogP contribution in [0.1, 0.15) is 12.0 Å². The van der Waals surface area contributed by atoms with Crippen molar-refractivity contribution in [1.82, 2.24) is 24.8 Å². The van der Waals surface area contributed by atoms with Crippen LogP contribution in [0.25, 0.3) is 11.2 Å². The van der Waals surface area contributed by atoms with Gasteiger partial charge in [0.2, 0.25) is 5.95 Å². The molecule has 0 spiro atoms. The Labute approximate surface area is 149 Å². The second kappa shape index (κ2) is 6.85. The van der Waals surface area contributed by atoms with Gasteiger partial charge in [-0.3, -0.25) is 4.57 Å². The zero-order valence-electron chi connectivity index (χ0n) is 13.6. The van der Waals surface area contributed by atoms with Gasteiger partial charge in [0.25, 0.3) is 0 Å². The van der Waals surface area contributed by atoms with Crippen molar-refractivity contribution >= 4 is 28.7 Å². The summed E-state index contributed by atoms with van der Waals surface area (Å²) in [6.45, 7) is 3.30. The number of imidazole rings is 1. The fourth-order valence-electron chi connectivity index (χ4n) is 3.12. The number of fused-ring (bicyclic) bond motifs is 1. The number of halogens is 1. The molecule has 0 bridgehead atoms. The van der Waals surface area contributed by atoms with Crippen LogP contribution in [0.2, 0.25) is 5.02 Å². The van der Waals surface area contributed by atoms with Gasteiger partial charge in [-0.1, -0.05) is 23.7 Å². The number of anilines is 1. The summed E-state index contributed by atoms with van der Waals surface area (Å²) in [5.74, 6) is 1.12. The molecule has 8 heteroatoms. The molecule has 0 saturated carbocycles. The lowest BCUT2D eigenvalue weighted by molar-refractivity contribution is 0.613. The van der Waals surface area contributed by atoms with Crippen LogP contribution in [0, 0.1) is 5.92 Å². The first kappa shape index (κ1) is 16.1. The molecule has 0 amide bonds. The topological polar surface area (TPSA) is 87.6 Å². The molecule has 1 unspecified atom stereocenters. The van der Waals surface area contributed by atoms with E-state index < -0.39 is 0 Å². The molecule has 130 valence electrons.